The molecule has 1 aromatic carbocycles. The minimum absolute atomic E-state index is 0.0634. The SMILES string of the molecule is CCOC(=O)C(C(=O)OCC)c1ccc(OC)cc1Oc1ncccn1. The van der Waals surface area contributed by atoms with Crippen LogP contribution in [-0.4, -0.2) is 42.2 Å². The minimum Gasteiger partial charge on any atom is -0.497 e. The Balaban J connectivity index is 2.48. The molecule has 0 unspecified atom stereocenters. The number of aromatic nitrogens is 2. The Morgan fingerprint density at radius 1 is 1.04 bits per heavy atom. The number of esters is 2. The summed E-state index contributed by atoms with van der Waals surface area (Å²) in [5.74, 6) is -2.07. The second kappa shape index (κ2) is 9.36. The molecule has 0 aliphatic heterocycles. The van der Waals surface area contributed by atoms with Crippen LogP contribution in [0.5, 0.6) is 17.5 Å². The van der Waals surface area contributed by atoms with Gasteiger partial charge in [-0.2, -0.15) is 0 Å². The van der Waals surface area contributed by atoms with Crippen molar-refractivity contribution in [3.8, 4) is 17.5 Å². The van der Waals surface area contributed by atoms with Crippen LogP contribution < -0.4 is 9.47 Å². The molecule has 8 heteroatoms. The average Bonchev–Trinajstić information content (AvgIpc) is 2.64. The van der Waals surface area contributed by atoms with Gasteiger partial charge in [0.15, 0.2) is 5.92 Å². The van der Waals surface area contributed by atoms with Gasteiger partial charge in [0.25, 0.3) is 0 Å². The summed E-state index contributed by atoms with van der Waals surface area (Å²) < 4.78 is 20.9. The van der Waals surface area contributed by atoms with Gasteiger partial charge in [0, 0.05) is 24.0 Å². The third-order valence-corrected chi connectivity index (χ3v) is 3.32. The van der Waals surface area contributed by atoms with Gasteiger partial charge >= 0.3 is 17.9 Å². The third-order valence-electron chi connectivity index (χ3n) is 3.32. The van der Waals surface area contributed by atoms with E-state index in [0.717, 1.165) is 0 Å². The Bertz CT molecular complexity index is 733. The number of methoxy groups -OCH3 is 1. The quantitative estimate of drug-likeness (QED) is 0.523. The fourth-order valence-corrected chi connectivity index (χ4v) is 2.21. The van der Waals surface area contributed by atoms with Gasteiger partial charge in [-0.1, -0.05) is 6.07 Å². The van der Waals surface area contributed by atoms with Crippen molar-refractivity contribution in [1.29, 1.82) is 0 Å². The van der Waals surface area contributed by atoms with Crippen LogP contribution in [0.1, 0.15) is 25.3 Å². The molecule has 0 fully saturated rings. The molecule has 1 heterocycles. The number of benzene rings is 1. The monoisotopic (exact) mass is 360 g/mol. The Labute approximate surface area is 151 Å². The normalized spacial score (nSPS) is 10.3. The van der Waals surface area contributed by atoms with E-state index in [0.29, 0.717) is 5.75 Å². The molecule has 0 amide bonds. The molecule has 0 saturated carbocycles. The van der Waals surface area contributed by atoms with Gasteiger partial charge < -0.3 is 18.9 Å². The van der Waals surface area contributed by atoms with E-state index in [2.05, 4.69) is 9.97 Å². The first-order valence-corrected chi connectivity index (χ1v) is 8.06. The van der Waals surface area contributed by atoms with E-state index in [4.69, 9.17) is 18.9 Å². The van der Waals surface area contributed by atoms with E-state index < -0.39 is 17.9 Å². The van der Waals surface area contributed by atoms with Gasteiger partial charge in [-0.25, -0.2) is 9.97 Å². The van der Waals surface area contributed by atoms with Crippen molar-refractivity contribution in [2.75, 3.05) is 20.3 Å². The van der Waals surface area contributed by atoms with E-state index >= 15 is 0 Å². The highest BCUT2D eigenvalue weighted by Crippen LogP contribution is 2.34. The van der Waals surface area contributed by atoms with Gasteiger partial charge in [-0.05, 0) is 26.0 Å². The summed E-state index contributed by atoms with van der Waals surface area (Å²) in [5.41, 5.74) is 0.273. The Morgan fingerprint density at radius 3 is 2.19 bits per heavy atom. The van der Waals surface area contributed by atoms with Crippen LogP contribution >= 0.6 is 0 Å². The third kappa shape index (κ3) is 4.69. The number of carbonyl (C=O) groups is 2. The summed E-state index contributed by atoms with van der Waals surface area (Å²) in [4.78, 5) is 32.7. The van der Waals surface area contributed by atoms with Gasteiger partial charge in [-0.3, -0.25) is 9.59 Å². The predicted molar refractivity (Wildman–Crippen MR) is 91.1 cm³/mol. The van der Waals surface area contributed by atoms with E-state index in [1.54, 1.807) is 32.0 Å². The van der Waals surface area contributed by atoms with Gasteiger partial charge in [0.2, 0.25) is 0 Å². The topological polar surface area (TPSA) is 96.8 Å². The molecule has 2 aromatic rings. The fraction of sp³-hybridized carbons (Fsp3) is 0.333. The zero-order valence-electron chi connectivity index (χ0n) is 14.8. The summed E-state index contributed by atoms with van der Waals surface area (Å²) >= 11 is 0. The number of carbonyl (C=O) groups excluding carboxylic acids is 2. The number of nitrogens with zero attached hydrogens (tertiary/aromatic N) is 2. The highest BCUT2D eigenvalue weighted by atomic mass is 16.6. The molecule has 26 heavy (non-hydrogen) atoms. The second-order valence-corrected chi connectivity index (χ2v) is 4.97. The highest BCUT2D eigenvalue weighted by Gasteiger charge is 2.34. The van der Waals surface area contributed by atoms with E-state index in [9.17, 15) is 9.59 Å². The average molecular weight is 360 g/mol. The molecule has 1 aromatic heterocycles. The number of rotatable bonds is 8. The predicted octanol–water partition coefficient (Wildman–Crippen LogP) is 2.49. The van der Waals surface area contributed by atoms with Crippen LogP contribution in [0.4, 0.5) is 0 Å². The first kappa shape index (κ1) is 19.2. The molecule has 0 aliphatic carbocycles. The van der Waals surface area contributed by atoms with E-state index in [1.165, 1.54) is 25.6 Å². The maximum Gasteiger partial charge on any atom is 0.325 e. The molecule has 0 bridgehead atoms. The van der Waals surface area contributed by atoms with Crippen LogP contribution in [0, 0.1) is 0 Å². The lowest BCUT2D eigenvalue weighted by Crippen LogP contribution is -2.26. The minimum atomic E-state index is -1.29. The lowest BCUT2D eigenvalue weighted by Gasteiger charge is -2.18. The van der Waals surface area contributed by atoms with Crippen molar-refractivity contribution in [2.24, 2.45) is 0 Å². The zero-order chi connectivity index (χ0) is 18.9. The maximum atomic E-state index is 12.4. The number of hydrogen-bond donors (Lipinski definition) is 0. The summed E-state index contributed by atoms with van der Waals surface area (Å²) in [6, 6.07) is 6.40. The summed E-state index contributed by atoms with van der Waals surface area (Å²) in [6.45, 7) is 3.57. The Morgan fingerprint density at radius 2 is 1.65 bits per heavy atom. The van der Waals surface area contributed by atoms with Crippen LogP contribution in [0.15, 0.2) is 36.7 Å². The first-order valence-electron chi connectivity index (χ1n) is 8.06. The summed E-state index contributed by atoms with van der Waals surface area (Å²) in [6.07, 6.45) is 3.02. The van der Waals surface area contributed by atoms with Gasteiger partial charge in [0.05, 0.1) is 20.3 Å². The van der Waals surface area contributed by atoms with E-state index in [-0.39, 0.29) is 30.5 Å². The van der Waals surface area contributed by atoms with Crippen molar-refractivity contribution in [3.05, 3.63) is 42.2 Å². The number of ether oxygens (including phenoxy) is 4. The van der Waals surface area contributed by atoms with Gasteiger partial charge in [0.1, 0.15) is 11.5 Å². The Kier molecular flexibility index (Phi) is 6.90. The second-order valence-electron chi connectivity index (χ2n) is 4.97. The van der Waals surface area contributed by atoms with Crippen molar-refractivity contribution < 1.29 is 28.5 Å². The molecule has 8 nitrogen and oxygen atoms in total. The number of hydrogen-bond acceptors (Lipinski definition) is 8. The van der Waals surface area contributed by atoms with Crippen LogP contribution in [0.25, 0.3) is 0 Å². The molecule has 0 aliphatic rings. The van der Waals surface area contributed by atoms with Crippen molar-refractivity contribution in [1.82, 2.24) is 9.97 Å². The molecule has 0 saturated heterocycles. The van der Waals surface area contributed by atoms with Gasteiger partial charge in [-0.15, -0.1) is 0 Å². The molecule has 2 rings (SSSR count). The molecular formula is C18H20N2O6. The fourth-order valence-electron chi connectivity index (χ4n) is 2.21. The lowest BCUT2D eigenvalue weighted by molar-refractivity contribution is -0.157. The van der Waals surface area contributed by atoms with Crippen molar-refractivity contribution in [2.45, 2.75) is 19.8 Å². The molecule has 0 N–H and O–H groups in total. The smallest absolute Gasteiger partial charge is 0.325 e. The van der Waals surface area contributed by atoms with Crippen molar-refractivity contribution >= 4 is 11.9 Å². The highest BCUT2D eigenvalue weighted by molar-refractivity contribution is 6.01. The molecule has 138 valence electrons. The summed E-state index contributed by atoms with van der Waals surface area (Å²) in [5, 5.41) is 0. The first-order chi connectivity index (χ1) is 12.6. The molecule has 0 spiro atoms. The maximum absolute atomic E-state index is 12.4. The molecule has 0 radical (unpaired) electrons. The standard InChI is InChI=1S/C18H20N2O6/c1-4-24-16(21)15(17(22)25-5-2)13-8-7-12(23-3)11-14(13)26-18-19-9-6-10-20-18/h6-11,15H,4-5H2,1-3H3. The summed E-state index contributed by atoms with van der Waals surface area (Å²) in [7, 11) is 1.49. The molecular weight excluding hydrogens is 340 g/mol. The largest absolute Gasteiger partial charge is 0.497 e. The Hall–Kier alpha value is -3.16. The zero-order valence-corrected chi connectivity index (χ0v) is 14.8. The van der Waals surface area contributed by atoms with Crippen LogP contribution in [-0.2, 0) is 19.1 Å². The molecule has 0 atom stereocenters. The van der Waals surface area contributed by atoms with Crippen LogP contribution in [0.2, 0.25) is 0 Å². The lowest BCUT2D eigenvalue weighted by atomic mass is 9.98. The van der Waals surface area contributed by atoms with E-state index in [1.807, 2.05) is 0 Å². The van der Waals surface area contributed by atoms with Crippen LogP contribution in [0.3, 0.4) is 0 Å². The van der Waals surface area contributed by atoms with Crippen molar-refractivity contribution in [3.63, 3.8) is 0 Å².